The van der Waals surface area contributed by atoms with Crippen molar-refractivity contribution >= 4 is 11.6 Å². The number of carbonyl (C=O) groups excluding carboxylic acids is 1. The third-order valence-corrected chi connectivity index (χ3v) is 3.38. The Hall–Kier alpha value is -1.60. The number of rotatable bonds is 4. The van der Waals surface area contributed by atoms with E-state index in [1.54, 1.807) is 0 Å². The van der Waals surface area contributed by atoms with E-state index in [0.29, 0.717) is 19.8 Å². The third kappa shape index (κ3) is 5.02. The van der Waals surface area contributed by atoms with Crippen LogP contribution in [0.5, 0.6) is 0 Å². The molecular formula is C14H18F3N2O2+. The predicted octanol–water partition coefficient (Wildman–Crippen LogP) is 0.949. The molecule has 0 saturated carbocycles. The van der Waals surface area contributed by atoms with Gasteiger partial charge in [-0.1, -0.05) is 6.07 Å². The molecule has 1 aromatic carbocycles. The lowest BCUT2D eigenvalue weighted by Gasteiger charge is -2.23. The molecule has 0 bridgehead atoms. The second-order valence-corrected chi connectivity index (χ2v) is 4.99. The maximum absolute atomic E-state index is 12.6. The zero-order chi connectivity index (χ0) is 15.3. The van der Waals surface area contributed by atoms with Crippen LogP contribution in [-0.2, 0) is 15.7 Å². The molecule has 1 aliphatic rings. The molecule has 1 saturated heterocycles. The molecule has 116 valence electrons. The number of benzene rings is 1. The Morgan fingerprint density at radius 3 is 2.67 bits per heavy atom. The van der Waals surface area contributed by atoms with E-state index in [4.69, 9.17) is 4.74 Å². The van der Waals surface area contributed by atoms with E-state index in [1.165, 1.54) is 17.0 Å². The van der Waals surface area contributed by atoms with Gasteiger partial charge in [0, 0.05) is 5.69 Å². The van der Waals surface area contributed by atoms with Crippen LogP contribution in [0.3, 0.4) is 0 Å². The van der Waals surface area contributed by atoms with E-state index >= 15 is 0 Å². The van der Waals surface area contributed by atoms with Crippen molar-refractivity contribution in [3.63, 3.8) is 0 Å². The highest BCUT2D eigenvalue weighted by atomic mass is 19.4. The molecule has 7 heteroatoms. The lowest BCUT2D eigenvalue weighted by Crippen LogP contribution is -3.14. The first-order chi connectivity index (χ1) is 9.95. The molecule has 0 aromatic heterocycles. The minimum Gasteiger partial charge on any atom is -0.370 e. The largest absolute Gasteiger partial charge is 0.416 e. The summed E-state index contributed by atoms with van der Waals surface area (Å²) in [5.74, 6) is -0.270. The quantitative estimate of drug-likeness (QED) is 0.870. The summed E-state index contributed by atoms with van der Waals surface area (Å²) in [5, 5.41) is 2.51. The maximum atomic E-state index is 12.6. The number of morpholine rings is 1. The minimum atomic E-state index is -4.40. The van der Waals surface area contributed by atoms with Crippen LogP contribution in [0.25, 0.3) is 0 Å². The average molecular weight is 303 g/mol. The number of halogens is 3. The van der Waals surface area contributed by atoms with E-state index < -0.39 is 11.7 Å². The summed E-state index contributed by atoms with van der Waals surface area (Å²) >= 11 is 0. The summed E-state index contributed by atoms with van der Waals surface area (Å²) in [6, 6.07) is 4.66. The van der Waals surface area contributed by atoms with Gasteiger partial charge in [-0.15, -0.1) is 0 Å². The SMILES string of the molecule is O=C(CC[NH+]1CCOCC1)Nc1cccc(C(F)(F)F)c1. The summed E-state index contributed by atoms with van der Waals surface area (Å²) < 4.78 is 42.9. The molecule has 1 amide bonds. The van der Waals surface area contributed by atoms with Crippen LogP contribution in [-0.4, -0.2) is 38.8 Å². The van der Waals surface area contributed by atoms with Crippen LogP contribution in [0.15, 0.2) is 24.3 Å². The first-order valence-corrected chi connectivity index (χ1v) is 6.83. The maximum Gasteiger partial charge on any atom is 0.416 e. The highest BCUT2D eigenvalue weighted by Crippen LogP contribution is 2.30. The number of carbonyl (C=O) groups is 1. The monoisotopic (exact) mass is 303 g/mol. The number of anilines is 1. The van der Waals surface area contributed by atoms with Crippen LogP contribution >= 0.6 is 0 Å². The van der Waals surface area contributed by atoms with Gasteiger partial charge in [0.25, 0.3) is 0 Å². The van der Waals surface area contributed by atoms with E-state index in [1.807, 2.05) is 0 Å². The van der Waals surface area contributed by atoms with Crippen molar-refractivity contribution in [3.8, 4) is 0 Å². The van der Waals surface area contributed by atoms with Crippen molar-refractivity contribution in [2.75, 3.05) is 38.2 Å². The lowest BCUT2D eigenvalue weighted by molar-refractivity contribution is -0.907. The number of amides is 1. The Bertz CT molecular complexity index is 485. The normalized spacial score (nSPS) is 16.7. The molecule has 1 fully saturated rings. The van der Waals surface area contributed by atoms with Gasteiger partial charge in [0.15, 0.2) is 0 Å². The minimum absolute atomic E-state index is 0.173. The molecule has 21 heavy (non-hydrogen) atoms. The van der Waals surface area contributed by atoms with E-state index in [2.05, 4.69) is 5.32 Å². The zero-order valence-corrected chi connectivity index (χ0v) is 11.5. The summed E-state index contributed by atoms with van der Waals surface area (Å²) in [6.45, 7) is 3.75. The number of ether oxygens (including phenoxy) is 1. The highest BCUT2D eigenvalue weighted by molar-refractivity contribution is 5.90. The van der Waals surface area contributed by atoms with Gasteiger partial charge in [-0.05, 0) is 18.2 Å². The number of alkyl halides is 3. The van der Waals surface area contributed by atoms with Crippen molar-refractivity contribution < 1.29 is 27.6 Å². The summed E-state index contributed by atoms with van der Waals surface area (Å²) in [4.78, 5) is 13.1. The highest BCUT2D eigenvalue weighted by Gasteiger charge is 2.30. The molecule has 0 radical (unpaired) electrons. The van der Waals surface area contributed by atoms with Gasteiger partial charge >= 0.3 is 6.18 Å². The third-order valence-electron chi connectivity index (χ3n) is 3.38. The van der Waals surface area contributed by atoms with Gasteiger partial charge in [0.2, 0.25) is 5.91 Å². The fraction of sp³-hybridized carbons (Fsp3) is 0.500. The Kier molecular flexibility index (Phi) is 5.19. The molecule has 2 rings (SSSR count). The molecule has 0 spiro atoms. The van der Waals surface area contributed by atoms with Crippen molar-refractivity contribution in [2.45, 2.75) is 12.6 Å². The van der Waals surface area contributed by atoms with Gasteiger partial charge in [-0.25, -0.2) is 0 Å². The van der Waals surface area contributed by atoms with Crippen molar-refractivity contribution in [1.82, 2.24) is 0 Å². The van der Waals surface area contributed by atoms with E-state index in [9.17, 15) is 18.0 Å². The van der Waals surface area contributed by atoms with Crippen LogP contribution in [0.4, 0.5) is 18.9 Å². The number of nitrogens with one attached hydrogen (secondary N) is 2. The van der Waals surface area contributed by atoms with Crippen LogP contribution in [0.1, 0.15) is 12.0 Å². The van der Waals surface area contributed by atoms with Crippen molar-refractivity contribution in [1.29, 1.82) is 0 Å². The Morgan fingerprint density at radius 1 is 1.29 bits per heavy atom. The van der Waals surface area contributed by atoms with Gasteiger partial charge in [0.05, 0.1) is 31.7 Å². The first-order valence-electron chi connectivity index (χ1n) is 6.83. The van der Waals surface area contributed by atoms with Crippen LogP contribution in [0.2, 0.25) is 0 Å². The Morgan fingerprint density at radius 2 is 2.00 bits per heavy atom. The lowest BCUT2D eigenvalue weighted by atomic mass is 10.2. The average Bonchev–Trinajstić information content (AvgIpc) is 2.46. The fourth-order valence-electron chi connectivity index (χ4n) is 2.20. The van der Waals surface area contributed by atoms with E-state index in [0.717, 1.165) is 25.2 Å². The standard InChI is InChI=1S/C14H17F3N2O2/c15-14(16,17)11-2-1-3-12(10-11)18-13(20)4-5-19-6-8-21-9-7-19/h1-3,10H,4-9H2,(H,18,20)/p+1. The Balaban J connectivity index is 1.84. The molecule has 0 atom stereocenters. The smallest absolute Gasteiger partial charge is 0.370 e. The molecule has 2 N–H and O–H groups in total. The Labute approximate surface area is 120 Å². The summed E-state index contributed by atoms with van der Waals surface area (Å²) in [6.07, 6.45) is -4.12. The predicted molar refractivity (Wildman–Crippen MR) is 71.1 cm³/mol. The van der Waals surface area contributed by atoms with Gasteiger partial charge in [-0.3, -0.25) is 4.79 Å². The van der Waals surface area contributed by atoms with Gasteiger partial charge < -0.3 is 15.0 Å². The number of quaternary nitrogens is 1. The topological polar surface area (TPSA) is 42.8 Å². The number of hydrogen-bond acceptors (Lipinski definition) is 2. The molecule has 4 nitrogen and oxygen atoms in total. The second-order valence-electron chi connectivity index (χ2n) is 4.99. The molecule has 1 aromatic rings. The van der Waals surface area contributed by atoms with Crippen LogP contribution in [0, 0.1) is 0 Å². The molecule has 0 aliphatic carbocycles. The molecule has 1 aliphatic heterocycles. The number of hydrogen-bond donors (Lipinski definition) is 2. The molecule has 1 heterocycles. The summed E-state index contributed by atoms with van der Waals surface area (Å²) in [5.41, 5.74) is -0.592. The van der Waals surface area contributed by atoms with Crippen LogP contribution < -0.4 is 10.2 Å². The van der Waals surface area contributed by atoms with Crippen molar-refractivity contribution in [3.05, 3.63) is 29.8 Å². The fourth-order valence-corrected chi connectivity index (χ4v) is 2.20. The van der Waals surface area contributed by atoms with E-state index in [-0.39, 0.29) is 18.0 Å². The molecule has 0 unspecified atom stereocenters. The van der Waals surface area contributed by atoms with Gasteiger partial charge in [0.1, 0.15) is 13.1 Å². The van der Waals surface area contributed by atoms with Gasteiger partial charge in [-0.2, -0.15) is 13.2 Å². The summed E-state index contributed by atoms with van der Waals surface area (Å²) in [7, 11) is 0. The zero-order valence-electron chi connectivity index (χ0n) is 11.5. The van der Waals surface area contributed by atoms with Crippen molar-refractivity contribution in [2.24, 2.45) is 0 Å². The first kappa shape index (κ1) is 15.8. The second kappa shape index (κ2) is 6.91. The molecular weight excluding hydrogens is 285 g/mol.